The molecule has 2 aromatic rings. The van der Waals surface area contributed by atoms with Crippen molar-refractivity contribution in [2.75, 3.05) is 5.43 Å². The third-order valence-corrected chi connectivity index (χ3v) is 2.29. The van der Waals surface area contributed by atoms with E-state index in [2.05, 4.69) is 17.3 Å². The third-order valence-electron chi connectivity index (χ3n) is 2.29. The van der Waals surface area contributed by atoms with Crippen LogP contribution in [0.15, 0.2) is 30.3 Å². The van der Waals surface area contributed by atoms with Crippen molar-refractivity contribution in [2.45, 2.75) is 13.3 Å². The lowest BCUT2D eigenvalue weighted by Gasteiger charge is -2.07. The summed E-state index contributed by atoms with van der Waals surface area (Å²) in [6.07, 6.45) is 0.916. The molecule has 0 bridgehead atoms. The summed E-state index contributed by atoms with van der Waals surface area (Å²) in [7, 11) is 0. The molecule has 0 saturated heterocycles. The number of fused-ring (bicyclic) bond motifs is 1. The van der Waals surface area contributed by atoms with Gasteiger partial charge in [0.1, 0.15) is 0 Å². The number of aryl methyl sites for hydroxylation is 1. The summed E-state index contributed by atoms with van der Waals surface area (Å²) < 4.78 is 0. The zero-order valence-corrected chi connectivity index (χ0v) is 8.12. The van der Waals surface area contributed by atoms with Crippen molar-refractivity contribution in [1.82, 2.24) is 4.98 Å². The number of nitrogen functional groups attached to an aromatic ring is 1. The van der Waals surface area contributed by atoms with Crippen molar-refractivity contribution >= 4 is 16.6 Å². The van der Waals surface area contributed by atoms with Gasteiger partial charge in [-0.2, -0.15) is 0 Å². The maximum Gasteiger partial charge on any atom is 0.0726 e. The first-order chi connectivity index (χ1) is 6.85. The van der Waals surface area contributed by atoms with Crippen molar-refractivity contribution in [3.05, 3.63) is 36.0 Å². The van der Waals surface area contributed by atoms with Gasteiger partial charge in [-0.15, -0.1) is 0 Å². The van der Waals surface area contributed by atoms with Gasteiger partial charge >= 0.3 is 0 Å². The smallest absolute Gasteiger partial charge is 0.0726 e. The second kappa shape index (κ2) is 3.64. The predicted molar refractivity (Wildman–Crippen MR) is 58.9 cm³/mol. The van der Waals surface area contributed by atoms with E-state index >= 15 is 0 Å². The van der Waals surface area contributed by atoms with Crippen LogP contribution >= 0.6 is 0 Å². The van der Waals surface area contributed by atoms with Gasteiger partial charge in [0.2, 0.25) is 0 Å². The number of anilines is 1. The zero-order chi connectivity index (χ0) is 9.97. The van der Waals surface area contributed by atoms with E-state index in [9.17, 15) is 0 Å². The molecule has 0 saturated carbocycles. The molecular weight excluding hydrogens is 174 g/mol. The minimum atomic E-state index is 0.916. The fraction of sp³-hybridized carbons (Fsp3) is 0.182. The summed E-state index contributed by atoms with van der Waals surface area (Å²) in [5.41, 5.74) is 5.68. The Morgan fingerprint density at radius 3 is 2.86 bits per heavy atom. The zero-order valence-electron chi connectivity index (χ0n) is 8.12. The molecule has 0 atom stereocenters. The Morgan fingerprint density at radius 1 is 1.36 bits per heavy atom. The number of pyridine rings is 1. The molecule has 0 aliphatic rings. The Bertz CT molecular complexity index is 451. The highest BCUT2D eigenvalue weighted by atomic mass is 15.2. The molecule has 14 heavy (non-hydrogen) atoms. The van der Waals surface area contributed by atoms with E-state index in [1.807, 2.05) is 30.3 Å². The SMILES string of the molecule is CCc1cc(NN)c2ccccc2n1. The second-order valence-corrected chi connectivity index (χ2v) is 3.18. The number of rotatable bonds is 2. The minimum absolute atomic E-state index is 0.916. The van der Waals surface area contributed by atoms with E-state index in [4.69, 9.17) is 5.84 Å². The van der Waals surface area contributed by atoms with Crippen LogP contribution < -0.4 is 11.3 Å². The van der Waals surface area contributed by atoms with Crippen LogP contribution in [0.3, 0.4) is 0 Å². The van der Waals surface area contributed by atoms with E-state index in [1.165, 1.54) is 0 Å². The summed E-state index contributed by atoms with van der Waals surface area (Å²) in [6, 6.07) is 9.96. The Labute approximate surface area is 82.9 Å². The van der Waals surface area contributed by atoms with Gasteiger partial charge in [-0.1, -0.05) is 25.1 Å². The fourth-order valence-corrected chi connectivity index (χ4v) is 1.53. The van der Waals surface area contributed by atoms with Crippen molar-refractivity contribution in [3.8, 4) is 0 Å². The number of hydrazine groups is 1. The highest BCUT2D eigenvalue weighted by molar-refractivity contribution is 5.91. The average Bonchev–Trinajstić information content (AvgIpc) is 2.27. The Hall–Kier alpha value is -1.61. The first kappa shape index (κ1) is 8.97. The van der Waals surface area contributed by atoms with Gasteiger partial charge in [0.15, 0.2) is 0 Å². The maximum absolute atomic E-state index is 5.46. The van der Waals surface area contributed by atoms with Crippen LogP contribution in [-0.4, -0.2) is 4.98 Å². The molecular formula is C11H13N3. The topological polar surface area (TPSA) is 50.9 Å². The number of aromatic nitrogens is 1. The maximum atomic E-state index is 5.46. The van der Waals surface area contributed by atoms with Crippen molar-refractivity contribution in [2.24, 2.45) is 5.84 Å². The summed E-state index contributed by atoms with van der Waals surface area (Å²) in [4.78, 5) is 4.51. The molecule has 0 spiro atoms. The van der Waals surface area contributed by atoms with Crippen LogP contribution in [-0.2, 0) is 6.42 Å². The molecule has 3 heteroatoms. The number of benzene rings is 1. The first-order valence-electron chi connectivity index (χ1n) is 4.70. The van der Waals surface area contributed by atoms with Gasteiger partial charge in [0, 0.05) is 11.1 Å². The lowest BCUT2D eigenvalue weighted by atomic mass is 10.1. The van der Waals surface area contributed by atoms with Gasteiger partial charge < -0.3 is 5.43 Å². The molecule has 0 amide bonds. The molecule has 0 unspecified atom stereocenters. The van der Waals surface area contributed by atoms with Crippen molar-refractivity contribution < 1.29 is 0 Å². The summed E-state index contributed by atoms with van der Waals surface area (Å²) in [5.74, 6) is 5.46. The number of nitrogens with two attached hydrogens (primary N) is 1. The fourth-order valence-electron chi connectivity index (χ4n) is 1.53. The molecule has 1 heterocycles. The number of nitrogens with one attached hydrogen (secondary N) is 1. The lowest BCUT2D eigenvalue weighted by molar-refractivity contribution is 1.06. The first-order valence-corrected chi connectivity index (χ1v) is 4.70. The largest absolute Gasteiger partial charge is 0.323 e. The quantitative estimate of drug-likeness (QED) is 0.559. The van der Waals surface area contributed by atoms with E-state index in [0.717, 1.165) is 28.7 Å². The molecule has 3 nitrogen and oxygen atoms in total. The molecule has 0 fully saturated rings. The number of hydrogen-bond donors (Lipinski definition) is 2. The van der Waals surface area contributed by atoms with E-state index in [1.54, 1.807) is 0 Å². The van der Waals surface area contributed by atoms with Gasteiger partial charge in [0.05, 0.1) is 11.2 Å². The molecule has 0 aliphatic carbocycles. The van der Waals surface area contributed by atoms with Crippen LogP contribution in [0, 0.1) is 0 Å². The highest BCUT2D eigenvalue weighted by Crippen LogP contribution is 2.22. The normalized spacial score (nSPS) is 10.4. The molecule has 0 aliphatic heterocycles. The predicted octanol–water partition coefficient (Wildman–Crippen LogP) is 2.08. The molecule has 1 aromatic carbocycles. The Kier molecular flexibility index (Phi) is 2.33. The van der Waals surface area contributed by atoms with Crippen LogP contribution in [0.4, 0.5) is 5.69 Å². The minimum Gasteiger partial charge on any atom is -0.323 e. The van der Waals surface area contributed by atoms with Crippen LogP contribution in [0.2, 0.25) is 0 Å². The van der Waals surface area contributed by atoms with Crippen LogP contribution in [0.1, 0.15) is 12.6 Å². The third kappa shape index (κ3) is 1.42. The second-order valence-electron chi connectivity index (χ2n) is 3.18. The summed E-state index contributed by atoms with van der Waals surface area (Å²) in [6.45, 7) is 2.08. The average molecular weight is 187 g/mol. The molecule has 3 N–H and O–H groups in total. The standard InChI is InChI=1S/C11H13N3/c1-2-8-7-11(14-12)9-5-3-4-6-10(9)13-8/h3-7H,2,12H2,1H3,(H,13,14). The van der Waals surface area contributed by atoms with Gasteiger partial charge in [-0.25, -0.2) is 0 Å². The molecule has 2 rings (SSSR count). The van der Waals surface area contributed by atoms with Gasteiger partial charge in [-0.05, 0) is 18.6 Å². The number of hydrogen-bond acceptors (Lipinski definition) is 3. The van der Waals surface area contributed by atoms with Gasteiger partial charge in [-0.3, -0.25) is 10.8 Å². The Balaban J connectivity index is 2.73. The highest BCUT2D eigenvalue weighted by Gasteiger charge is 2.02. The summed E-state index contributed by atoms with van der Waals surface area (Å²) in [5, 5.41) is 1.06. The molecule has 0 radical (unpaired) electrons. The number of para-hydroxylation sites is 1. The number of nitrogens with zero attached hydrogens (tertiary/aromatic N) is 1. The van der Waals surface area contributed by atoms with Crippen molar-refractivity contribution in [3.63, 3.8) is 0 Å². The summed E-state index contributed by atoms with van der Waals surface area (Å²) >= 11 is 0. The monoisotopic (exact) mass is 187 g/mol. The van der Waals surface area contributed by atoms with E-state index < -0.39 is 0 Å². The molecule has 72 valence electrons. The van der Waals surface area contributed by atoms with Crippen LogP contribution in [0.5, 0.6) is 0 Å². The van der Waals surface area contributed by atoms with Crippen molar-refractivity contribution in [1.29, 1.82) is 0 Å². The lowest BCUT2D eigenvalue weighted by Crippen LogP contribution is -2.08. The van der Waals surface area contributed by atoms with E-state index in [0.29, 0.717) is 0 Å². The van der Waals surface area contributed by atoms with Gasteiger partial charge in [0.25, 0.3) is 0 Å². The van der Waals surface area contributed by atoms with E-state index in [-0.39, 0.29) is 0 Å². The Morgan fingerprint density at radius 2 is 2.14 bits per heavy atom. The molecule has 1 aromatic heterocycles. The van der Waals surface area contributed by atoms with Crippen LogP contribution in [0.25, 0.3) is 10.9 Å².